The normalized spacial score (nSPS) is 14.4. The molecule has 0 spiro atoms. The molecular weight excluding hydrogens is 335 g/mol. The molecule has 2 amide bonds. The summed E-state index contributed by atoms with van der Waals surface area (Å²) in [6.45, 7) is 4.60. The molecule has 3 rings (SSSR count). The molecule has 0 saturated heterocycles. The highest BCUT2D eigenvalue weighted by Gasteiger charge is 2.27. The van der Waals surface area contributed by atoms with E-state index in [1.807, 2.05) is 18.4 Å². The second kappa shape index (κ2) is 7.68. The lowest BCUT2D eigenvalue weighted by molar-refractivity contribution is 0.0923. The Morgan fingerprint density at radius 2 is 1.96 bits per heavy atom. The maximum Gasteiger partial charge on any atom is 0.287 e. The highest BCUT2D eigenvalue weighted by molar-refractivity contribution is 6.05. The number of carbonyl (C=O) groups excluding carboxylic acids is 2. The van der Waals surface area contributed by atoms with E-state index < -0.39 is 0 Å². The molecule has 1 aliphatic rings. The first-order valence-corrected chi connectivity index (χ1v) is 8.96. The Kier molecular flexibility index (Phi) is 5.35. The SMILES string of the molecule is CCC(C)NC(=O)c1nc(C(=O)Nc2ccc(F)cc2)c2n1CCCC2. The van der Waals surface area contributed by atoms with Gasteiger partial charge in [0.25, 0.3) is 11.8 Å². The summed E-state index contributed by atoms with van der Waals surface area (Å²) >= 11 is 0. The zero-order chi connectivity index (χ0) is 18.7. The number of rotatable bonds is 5. The number of fused-ring (bicyclic) bond motifs is 1. The minimum atomic E-state index is -0.384. The molecular formula is C19H23FN4O2. The highest BCUT2D eigenvalue weighted by atomic mass is 19.1. The Morgan fingerprint density at radius 3 is 2.65 bits per heavy atom. The summed E-state index contributed by atoms with van der Waals surface area (Å²) in [5, 5.41) is 5.64. The smallest absolute Gasteiger partial charge is 0.287 e. The van der Waals surface area contributed by atoms with Crippen LogP contribution in [0.25, 0.3) is 0 Å². The van der Waals surface area contributed by atoms with Gasteiger partial charge in [-0.2, -0.15) is 0 Å². The van der Waals surface area contributed by atoms with Gasteiger partial charge in [-0.3, -0.25) is 9.59 Å². The maximum absolute atomic E-state index is 13.0. The van der Waals surface area contributed by atoms with Crippen molar-refractivity contribution in [2.45, 2.75) is 52.1 Å². The van der Waals surface area contributed by atoms with Gasteiger partial charge in [0.2, 0.25) is 0 Å². The largest absolute Gasteiger partial charge is 0.347 e. The van der Waals surface area contributed by atoms with Crippen LogP contribution < -0.4 is 10.6 Å². The number of anilines is 1. The topological polar surface area (TPSA) is 76.0 Å². The monoisotopic (exact) mass is 358 g/mol. The number of nitrogens with one attached hydrogen (secondary N) is 2. The molecule has 6 nitrogen and oxygen atoms in total. The standard InChI is InChI=1S/C19H23FN4O2/c1-3-12(2)21-19(26)17-23-16(15-6-4-5-11-24(15)17)18(25)22-14-9-7-13(20)8-10-14/h7-10,12H,3-6,11H2,1-2H3,(H,21,26)(H,22,25). The van der Waals surface area contributed by atoms with Crippen molar-refractivity contribution in [1.29, 1.82) is 0 Å². The highest BCUT2D eigenvalue weighted by Crippen LogP contribution is 2.22. The molecule has 1 aliphatic heterocycles. The second-order valence-corrected chi connectivity index (χ2v) is 6.58. The van der Waals surface area contributed by atoms with Crippen molar-refractivity contribution >= 4 is 17.5 Å². The van der Waals surface area contributed by atoms with Crippen LogP contribution in [0, 0.1) is 5.82 Å². The van der Waals surface area contributed by atoms with Crippen LogP contribution in [0.15, 0.2) is 24.3 Å². The lowest BCUT2D eigenvalue weighted by atomic mass is 10.1. The molecule has 1 atom stereocenters. The van der Waals surface area contributed by atoms with E-state index in [-0.39, 0.29) is 35.2 Å². The molecule has 2 N–H and O–H groups in total. The summed E-state index contributed by atoms with van der Waals surface area (Å²) < 4.78 is 14.9. The number of carbonyl (C=O) groups is 2. The molecule has 26 heavy (non-hydrogen) atoms. The van der Waals surface area contributed by atoms with E-state index in [0.717, 1.165) is 25.0 Å². The van der Waals surface area contributed by atoms with E-state index in [1.165, 1.54) is 24.3 Å². The molecule has 0 bridgehead atoms. The quantitative estimate of drug-likeness (QED) is 0.862. The fourth-order valence-corrected chi connectivity index (χ4v) is 3.01. The first-order valence-electron chi connectivity index (χ1n) is 8.96. The minimum Gasteiger partial charge on any atom is -0.347 e. The third-order valence-corrected chi connectivity index (χ3v) is 4.63. The van der Waals surface area contributed by atoms with Crippen molar-refractivity contribution in [3.8, 4) is 0 Å². The van der Waals surface area contributed by atoms with Gasteiger partial charge in [0, 0.05) is 18.3 Å². The molecule has 0 radical (unpaired) electrons. The predicted molar refractivity (Wildman–Crippen MR) is 96.7 cm³/mol. The van der Waals surface area contributed by atoms with Crippen molar-refractivity contribution < 1.29 is 14.0 Å². The van der Waals surface area contributed by atoms with Crippen molar-refractivity contribution in [2.75, 3.05) is 5.32 Å². The summed E-state index contributed by atoms with van der Waals surface area (Å²) in [6.07, 6.45) is 3.42. The number of nitrogens with zero attached hydrogens (tertiary/aromatic N) is 2. The number of hydrogen-bond donors (Lipinski definition) is 2. The predicted octanol–water partition coefficient (Wildman–Crippen LogP) is 3.14. The van der Waals surface area contributed by atoms with Gasteiger partial charge in [0.05, 0.1) is 5.69 Å². The summed E-state index contributed by atoms with van der Waals surface area (Å²) in [5.74, 6) is -0.733. The van der Waals surface area contributed by atoms with Gasteiger partial charge >= 0.3 is 0 Å². The van der Waals surface area contributed by atoms with Gasteiger partial charge in [0.15, 0.2) is 11.5 Å². The zero-order valence-corrected chi connectivity index (χ0v) is 15.0. The van der Waals surface area contributed by atoms with Crippen molar-refractivity contribution in [3.05, 3.63) is 47.3 Å². The average molecular weight is 358 g/mol. The molecule has 2 aromatic rings. The van der Waals surface area contributed by atoms with Crippen molar-refractivity contribution in [3.63, 3.8) is 0 Å². The number of imidazole rings is 1. The number of hydrogen-bond acceptors (Lipinski definition) is 3. The molecule has 7 heteroatoms. The van der Waals surface area contributed by atoms with E-state index in [4.69, 9.17) is 0 Å². The van der Waals surface area contributed by atoms with Crippen molar-refractivity contribution in [2.24, 2.45) is 0 Å². The van der Waals surface area contributed by atoms with E-state index in [2.05, 4.69) is 15.6 Å². The molecule has 0 fully saturated rings. The van der Waals surface area contributed by atoms with E-state index >= 15 is 0 Å². The zero-order valence-electron chi connectivity index (χ0n) is 15.0. The molecule has 0 saturated carbocycles. The van der Waals surface area contributed by atoms with Gasteiger partial charge in [0.1, 0.15) is 5.82 Å². The fourth-order valence-electron chi connectivity index (χ4n) is 3.01. The first-order chi connectivity index (χ1) is 12.5. The minimum absolute atomic E-state index is 0.0375. The lowest BCUT2D eigenvalue weighted by Gasteiger charge is -2.18. The average Bonchev–Trinajstić information content (AvgIpc) is 3.03. The van der Waals surface area contributed by atoms with Gasteiger partial charge < -0.3 is 15.2 Å². The molecule has 1 aromatic carbocycles. The second-order valence-electron chi connectivity index (χ2n) is 6.58. The van der Waals surface area contributed by atoms with Crippen LogP contribution in [0.2, 0.25) is 0 Å². The van der Waals surface area contributed by atoms with Crippen LogP contribution in [0.5, 0.6) is 0 Å². The summed E-state index contributed by atoms with van der Waals surface area (Å²) in [7, 11) is 0. The Balaban J connectivity index is 1.88. The number of benzene rings is 1. The van der Waals surface area contributed by atoms with E-state index in [0.29, 0.717) is 18.7 Å². The fraction of sp³-hybridized carbons (Fsp3) is 0.421. The van der Waals surface area contributed by atoms with Gasteiger partial charge in [-0.15, -0.1) is 0 Å². The number of halogens is 1. The Morgan fingerprint density at radius 1 is 1.23 bits per heavy atom. The van der Waals surface area contributed by atoms with Crippen molar-refractivity contribution in [1.82, 2.24) is 14.9 Å². The first kappa shape index (κ1) is 18.1. The summed E-state index contributed by atoms with van der Waals surface area (Å²) in [4.78, 5) is 29.6. The maximum atomic E-state index is 13.0. The summed E-state index contributed by atoms with van der Waals surface area (Å²) in [5.41, 5.74) is 1.54. The molecule has 0 aliphatic carbocycles. The van der Waals surface area contributed by atoms with E-state index in [1.54, 1.807) is 0 Å². The lowest BCUT2D eigenvalue weighted by Crippen LogP contribution is -2.34. The molecule has 2 heterocycles. The number of amides is 2. The van der Waals surface area contributed by atoms with Gasteiger partial charge in [-0.25, -0.2) is 9.37 Å². The van der Waals surface area contributed by atoms with Gasteiger partial charge in [-0.1, -0.05) is 6.92 Å². The third-order valence-electron chi connectivity index (χ3n) is 4.63. The van der Waals surface area contributed by atoms with Crippen LogP contribution in [-0.4, -0.2) is 27.4 Å². The third kappa shape index (κ3) is 3.76. The molecule has 1 aromatic heterocycles. The Bertz CT molecular complexity index is 814. The molecule has 1 unspecified atom stereocenters. The Labute approximate surface area is 151 Å². The van der Waals surface area contributed by atoms with Gasteiger partial charge in [-0.05, 0) is 56.9 Å². The van der Waals surface area contributed by atoms with Crippen LogP contribution >= 0.6 is 0 Å². The Hall–Kier alpha value is -2.70. The number of aromatic nitrogens is 2. The van der Waals surface area contributed by atoms with Crippen LogP contribution in [0.4, 0.5) is 10.1 Å². The van der Waals surface area contributed by atoms with Crippen LogP contribution in [0.1, 0.15) is 59.9 Å². The van der Waals surface area contributed by atoms with E-state index in [9.17, 15) is 14.0 Å². The van der Waals surface area contributed by atoms with Crippen LogP contribution in [-0.2, 0) is 13.0 Å². The molecule has 138 valence electrons. The van der Waals surface area contributed by atoms with Crippen LogP contribution in [0.3, 0.4) is 0 Å². The summed E-state index contributed by atoms with van der Waals surface area (Å²) in [6, 6.07) is 5.58.